The summed E-state index contributed by atoms with van der Waals surface area (Å²) in [5, 5.41) is 3.60. The van der Waals surface area contributed by atoms with Crippen LogP contribution in [0.15, 0.2) is 24.3 Å². The lowest BCUT2D eigenvalue weighted by atomic mass is 9.80. The first-order chi connectivity index (χ1) is 10.0. The summed E-state index contributed by atoms with van der Waals surface area (Å²) in [6, 6.07) is 6.18. The lowest BCUT2D eigenvalue weighted by Gasteiger charge is -2.32. The average molecular weight is 299 g/mol. The van der Waals surface area contributed by atoms with Crippen LogP contribution < -0.4 is 5.32 Å². The van der Waals surface area contributed by atoms with E-state index in [9.17, 15) is 13.2 Å². The van der Waals surface area contributed by atoms with E-state index >= 15 is 0 Å². The van der Waals surface area contributed by atoms with Crippen LogP contribution in [0.1, 0.15) is 50.2 Å². The molecule has 1 aliphatic carbocycles. The molecule has 1 aromatic rings. The van der Waals surface area contributed by atoms with Gasteiger partial charge in [0, 0.05) is 6.04 Å². The predicted octanol–water partition coefficient (Wildman–Crippen LogP) is 4.81. The van der Waals surface area contributed by atoms with Crippen molar-refractivity contribution in [3.63, 3.8) is 0 Å². The Morgan fingerprint density at radius 1 is 1.10 bits per heavy atom. The first kappa shape index (κ1) is 16.3. The third-order valence-corrected chi connectivity index (χ3v) is 4.34. The topological polar surface area (TPSA) is 12.0 Å². The molecule has 2 rings (SSSR count). The maximum Gasteiger partial charge on any atom is 0.416 e. The third-order valence-electron chi connectivity index (χ3n) is 4.34. The van der Waals surface area contributed by atoms with Crippen LogP contribution in [-0.4, -0.2) is 12.6 Å². The Kier molecular flexibility index (Phi) is 5.68. The zero-order chi connectivity index (χ0) is 15.3. The van der Waals surface area contributed by atoms with E-state index in [4.69, 9.17) is 0 Å². The molecule has 21 heavy (non-hydrogen) atoms. The summed E-state index contributed by atoms with van der Waals surface area (Å²) in [7, 11) is 0. The molecule has 1 fully saturated rings. The molecule has 0 amide bonds. The van der Waals surface area contributed by atoms with Gasteiger partial charge in [-0.15, -0.1) is 0 Å². The number of nitrogens with one attached hydrogen (secondary N) is 1. The standard InChI is InChI=1S/C17H24F3N/c1-2-11-21-16-6-4-3-5-14(16)12-13-7-9-15(10-8-13)17(18,19)20/h7-10,14,16,21H,2-6,11-12H2,1H3. The number of benzene rings is 1. The number of hydrogen-bond donors (Lipinski definition) is 1. The van der Waals surface area contributed by atoms with Crippen LogP contribution in [0, 0.1) is 5.92 Å². The van der Waals surface area contributed by atoms with Crippen molar-refractivity contribution in [1.82, 2.24) is 5.32 Å². The van der Waals surface area contributed by atoms with Crippen molar-refractivity contribution in [3.8, 4) is 0 Å². The molecule has 1 aliphatic rings. The van der Waals surface area contributed by atoms with Crippen molar-refractivity contribution < 1.29 is 13.2 Å². The van der Waals surface area contributed by atoms with Crippen LogP contribution in [0.25, 0.3) is 0 Å². The van der Waals surface area contributed by atoms with Gasteiger partial charge in [0.15, 0.2) is 0 Å². The molecule has 4 heteroatoms. The van der Waals surface area contributed by atoms with Crippen molar-refractivity contribution in [2.75, 3.05) is 6.54 Å². The van der Waals surface area contributed by atoms with Crippen molar-refractivity contribution >= 4 is 0 Å². The zero-order valence-electron chi connectivity index (χ0n) is 12.5. The monoisotopic (exact) mass is 299 g/mol. The van der Waals surface area contributed by atoms with Gasteiger partial charge in [0.1, 0.15) is 0 Å². The highest BCUT2D eigenvalue weighted by atomic mass is 19.4. The van der Waals surface area contributed by atoms with Crippen LogP contribution in [0.3, 0.4) is 0 Å². The number of halogens is 3. The molecule has 1 aromatic carbocycles. The van der Waals surface area contributed by atoms with Gasteiger partial charge in [0.2, 0.25) is 0 Å². The van der Waals surface area contributed by atoms with Gasteiger partial charge in [-0.05, 0) is 55.8 Å². The van der Waals surface area contributed by atoms with Gasteiger partial charge >= 0.3 is 6.18 Å². The highest BCUT2D eigenvalue weighted by Crippen LogP contribution is 2.31. The normalized spacial score (nSPS) is 23.2. The van der Waals surface area contributed by atoms with Crippen LogP contribution in [0.2, 0.25) is 0 Å². The Morgan fingerprint density at radius 3 is 2.38 bits per heavy atom. The first-order valence-corrected chi connectivity index (χ1v) is 7.90. The third kappa shape index (κ3) is 4.73. The molecule has 0 radical (unpaired) electrons. The Labute approximate surface area is 124 Å². The largest absolute Gasteiger partial charge is 0.416 e. The van der Waals surface area contributed by atoms with E-state index in [1.807, 2.05) is 0 Å². The maximum atomic E-state index is 12.6. The highest BCUT2D eigenvalue weighted by Gasteiger charge is 2.30. The van der Waals surface area contributed by atoms with Crippen molar-refractivity contribution in [2.24, 2.45) is 5.92 Å². The summed E-state index contributed by atoms with van der Waals surface area (Å²) in [5.41, 5.74) is 0.453. The van der Waals surface area contributed by atoms with E-state index in [-0.39, 0.29) is 0 Å². The molecule has 1 nitrogen and oxygen atoms in total. The minimum atomic E-state index is -4.24. The Balaban J connectivity index is 1.98. The zero-order valence-corrected chi connectivity index (χ0v) is 12.5. The van der Waals surface area contributed by atoms with Gasteiger partial charge in [0.05, 0.1) is 5.56 Å². The van der Waals surface area contributed by atoms with E-state index in [0.29, 0.717) is 12.0 Å². The number of alkyl halides is 3. The molecule has 2 unspecified atom stereocenters. The van der Waals surface area contributed by atoms with E-state index in [1.54, 1.807) is 12.1 Å². The highest BCUT2D eigenvalue weighted by molar-refractivity contribution is 5.25. The fourth-order valence-corrected chi connectivity index (χ4v) is 3.18. The smallest absolute Gasteiger partial charge is 0.314 e. The Bertz CT molecular complexity index is 425. The number of hydrogen-bond acceptors (Lipinski definition) is 1. The summed E-state index contributed by atoms with van der Waals surface area (Å²) >= 11 is 0. The predicted molar refractivity (Wildman–Crippen MR) is 79.2 cm³/mol. The molecule has 2 atom stereocenters. The minimum absolute atomic E-state index is 0.515. The lowest BCUT2D eigenvalue weighted by molar-refractivity contribution is -0.137. The summed E-state index contributed by atoms with van der Waals surface area (Å²) in [6.45, 7) is 3.18. The average Bonchev–Trinajstić information content (AvgIpc) is 2.46. The second-order valence-electron chi connectivity index (χ2n) is 6.00. The molecule has 0 saturated heterocycles. The molecule has 0 aromatic heterocycles. The fourth-order valence-electron chi connectivity index (χ4n) is 3.18. The van der Waals surface area contributed by atoms with Gasteiger partial charge in [-0.3, -0.25) is 0 Å². The van der Waals surface area contributed by atoms with Crippen LogP contribution in [0.5, 0.6) is 0 Å². The van der Waals surface area contributed by atoms with E-state index in [1.165, 1.54) is 37.8 Å². The molecular weight excluding hydrogens is 275 g/mol. The molecule has 0 heterocycles. The van der Waals surface area contributed by atoms with Crippen LogP contribution in [0.4, 0.5) is 13.2 Å². The summed E-state index contributed by atoms with van der Waals surface area (Å²) in [6.07, 6.45) is 2.59. The SMILES string of the molecule is CCCNC1CCCCC1Cc1ccc(C(F)(F)F)cc1. The molecule has 118 valence electrons. The van der Waals surface area contributed by atoms with Crippen LogP contribution in [-0.2, 0) is 12.6 Å². The molecule has 1 N–H and O–H groups in total. The van der Waals surface area contributed by atoms with Gasteiger partial charge < -0.3 is 5.32 Å². The van der Waals surface area contributed by atoms with Gasteiger partial charge in [-0.1, -0.05) is 31.9 Å². The summed E-state index contributed by atoms with van der Waals surface area (Å²) < 4.78 is 37.7. The van der Waals surface area contributed by atoms with Crippen molar-refractivity contribution in [2.45, 2.75) is 57.7 Å². The molecule has 0 spiro atoms. The van der Waals surface area contributed by atoms with Gasteiger partial charge in [0.25, 0.3) is 0 Å². The van der Waals surface area contributed by atoms with E-state index in [2.05, 4.69) is 12.2 Å². The maximum absolute atomic E-state index is 12.6. The minimum Gasteiger partial charge on any atom is -0.314 e. The molecular formula is C17H24F3N. The number of rotatable bonds is 5. The van der Waals surface area contributed by atoms with E-state index in [0.717, 1.165) is 24.9 Å². The first-order valence-electron chi connectivity index (χ1n) is 7.90. The molecule has 0 aliphatic heterocycles. The fraction of sp³-hybridized carbons (Fsp3) is 0.647. The van der Waals surface area contributed by atoms with E-state index < -0.39 is 11.7 Å². The van der Waals surface area contributed by atoms with Crippen molar-refractivity contribution in [1.29, 1.82) is 0 Å². The lowest BCUT2D eigenvalue weighted by Crippen LogP contribution is -2.39. The summed E-state index contributed by atoms with van der Waals surface area (Å²) in [4.78, 5) is 0. The molecule has 1 saturated carbocycles. The Hall–Kier alpha value is -1.03. The van der Waals surface area contributed by atoms with Gasteiger partial charge in [-0.2, -0.15) is 13.2 Å². The second kappa shape index (κ2) is 7.30. The van der Waals surface area contributed by atoms with Crippen molar-refractivity contribution in [3.05, 3.63) is 35.4 Å². The Morgan fingerprint density at radius 2 is 1.76 bits per heavy atom. The molecule has 0 bridgehead atoms. The second-order valence-corrected chi connectivity index (χ2v) is 6.00. The quantitative estimate of drug-likeness (QED) is 0.823. The van der Waals surface area contributed by atoms with Crippen LogP contribution >= 0.6 is 0 Å². The van der Waals surface area contributed by atoms with Gasteiger partial charge in [-0.25, -0.2) is 0 Å². The summed E-state index contributed by atoms with van der Waals surface area (Å²) in [5.74, 6) is 0.544.